The van der Waals surface area contributed by atoms with E-state index in [1.54, 1.807) is 0 Å². The summed E-state index contributed by atoms with van der Waals surface area (Å²) in [5, 5.41) is 8.55. The SMILES string of the molecule is O=C([O-])C(Cl)CCl.[Na+]. The molecule has 2 nitrogen and oxygen atoms in total. The smallest absolute Gasteiger partial charge is 0.548 e. The van der Waals surface area contributed by atoms with Crippen LogP contribution in [0.15, 0.2) is 0 Å². The summed E-state index contributed by atoms with van der Waals surface area (Å²) in [7, 11) is 0. The van der Waals surface area contributed by atoms with E-state index in [-0.39, 0.29) is 35.4 Å². The van der Waals surface area contributed by atoms with E-state index < -0.39 is 11.3 Å². The van der Waals surface area contributed by atoms with Crippen molar-refractivity contribution in [3.05, 3.63) is 0 Å². The summed E-state index contributed by atoms with van der Waals surface area (Å²) in [6, 6.07) is 0. The first-order valence-corrected chi connectivity index (χ1v) is 2.56. The number of carboxylic acid groups (broad SMARTS) is 1. The van der Waals surface area contributed by atoms with Crippen LogP contribution in [-0.4, -0.2) is 17.2 Å². The Balaban J connectivity index is 0. The molecule has 0 aliphatic rings. The minimum absolute atomic E-state index is 0. The van der Waals surface area contributed by atoms with Gasteiger partial charge in [-0.05, 0) is 0 Å². The summed E-state index contributed by atoms with van der Waals surface area (Å²) in [4.78, 5) is 9.60. The van der Waals surface area contributed by atoms with Crippen molar-refractivity contribution in [3.8, 4) is 0 Å². The molecular weight excluding hydrogens is 162 g/mol. The first-order chi connectivity index (χ1) is 3.18. The molecule has 0 aliphatic heterocycles. The molecule has 0 bridgehead atoms. The number of rotatable bonds is 2. The third-order valence-corrected chi connectivity index (χ3v) is 1.19. The van der Waals surface area contributed by atoms with Gasteiger partial charge in [-0.3, -0.25) is 0 Å². The molecule has 0 aromatic heterocycles. The van der Waals surface area contributed by atoms with Crippen LogP contribution < -0.4 is 34.7 Å². The summed E-state index contributed by atoms with van der Waals surface area (Å²) in [6.07, 6.45) is 0. The van der Waals surface area contributed by atoms with E-state index in [0.717, 1.165) is 0 Å². The van der Waals surface area contributed by atoms with Crippen LogP contribution in [0.4, 0.5) is 0 Å². The van der Waals surface area contributed by atoms with Gasteiger partial charge in [0.25, 0.3) is 0 Å². The maximum Gasteiger partial charge on any atom is 1.00 e. The van der Waals surface area contributed by atoms with E-state index in [9.17, 15) is 9.90 Å². The molecule has 0 heterocycles. The third-order valence-electron chi connectivity index (χ3n) is 0.391. The minimum atomic E-state index is -1.32. The zero-order chi connectivity index (χ0) is 5.86. The van der Waals surface area contributed by atoms with Gasteiger partial charge in [-0.2, -0.15) is 0 Å². The van der Waals surface area contributed by atoms with E-state index in [1.807, 2.05) is 0 Å². The number of aliphatic carboxylic acids is 1. The summed E-state index contributed by atoms with van der Waals surface area (Å²) in [5.41, 5.74) is 0. The minimum Gasteiger partial charge on any atom is -0.548 e. The summed E-state index contributed by atoms with van der Waals surface area (Å²) < 4.78 is 0. The number of alkyl halides is 2. The molecule has 0 saturated carbocycles. The van der Waals surface area contributed by atoms with Gasteiger partial charge in [-0.25, -0.2) is 0 Å². The Bertz CT molecular complexity index is 77.7. The van der Waals surface area contributed by atoms with E-state index >= 15 is 0 Å². The molecule has 0 N–H and O–H groups in total. The average molecular weight is 165 g/mol. The normalized spacial score (nSPS) is 11.8. The third kappa shape index (κ3) is 5.19. The number of carbonyl (C=O) groups is 1. The largest absolute Gasteiger partial charge is 1.00 e. The predicted molar refractivity (Wildman–Crippen MR) is 25.4 cm³/mol. The summed E-state index contributed by atoms with van der Waals surface area (Å²) >= 11 is 10.0. The number of carboxylic acids is 1. The van der Waals surface area contributed by atoms with Gasteiger partial charge in [0, 0.05) is 5.88 Å². The topological polar surface area (TPSA) is 40.1 Å². The molecule has 0 aromatic rings. The van der Waals surface area contributed by atoms with Gasteiger partial charge in [0.15, 0.2) is 0 Å². The van der Waals surface area contributed by atoms with Crippen LogP contribution in [0, 0.1) is 0 Å². The Morgan fingerprint density at radius 2 is 2.12 bits per heavy atom. The molecule has 0 saturated heterocycles. The molecule has 8 heavy (non-hydrogen) atoms. The van der Waals surface area contributed by atoms with E-state index in [2.05, 4.69) is 0 Å². The quantitative estimate of drug-likeness (QED) is 0.316. The molecule has 0 radical (unpaired) electrons. The van der Waals surface area contributed by atoms with Crippen molar-refractivity contribution in [1.82, 2.24) is 0 Å². The number of halogens is 2. The Morgan fingerprint density at radius 1 is 1.75 bits per heavy atom. The molecule has 0 aromatic carbocycles. The Morgan fingerprint density at radius 3 is 2.12 bits per heavy atom. The molecule has 42 valence electrons. The van der Waals surface area contributed by atoms with Crippen molar-refractivity contribution in [2.45, 2.75) is 5.38 Å². The molecule has 0 amide bonds. The predicted octanol–water partition coefficient (Wildman–Crippen LogP) is -3.41. The van der Waals surface area contributed by atoms with Gasteiger partial charge in [-0.15, -0.1) is 23.2 Å². The second kappa shape index (κ2) is 6.17. The molecule has 1 atom stereocenters. The standard InChI is InChI=1S/C3H4Cl2O2.Na/c4-1-2(5)3(6)7;/h2H,1H2,(H,6,7);/q;+1/p-1. The zero-order valence-electron chi connectivity index (χ0n) is 4.36. The monoisotopic (exact) mass is 164 g/mol. The number of hydrogen-bond donors (Lipinski definition) is 0. The number of hydrogen-bond acceptors (Lipinski definition) is 2. The van der Waals surface area contributed by atoms with Gasteiger partial charge in [-0.1, -0.05) is 0 Å². The van der Waals surface area contributed by atoms with Crippen molar-refractivity contribution < 1.29 is 39.5 Å². The average Bonchev–Trinajstić information content (AvgIpc) is 1.65. The fourth-order valence-electron chi connectivity index (χ4n) is 0.0630. The number of carbonyl (C=O) groups excluding carboxylic acids is 1. The van der Waals surface area contributed by atoms with Crippen LogP contribution in [0.2, 0.25) is 0 Å². The van der Waals surface area contributed by atoms with Crippen LogP contribution in [0.1, 0.15) is 0 Å². The van der Waals surface area contributed by atoms with E-state index in [1.165, 1.54) is 0 Å². The van der Waals surface area contributed by atoms with Gasteiger partial charge in [0.2, 0.25) is 0 Å². The van der Waals surface area contributed by atoms with Crippen LogP contribution in [0.3, 0.4) is 0 Å². The fraction of sp³-hybridized carbons (Fsp3) is 0.667. The maximum atomic E-state index is 9.60. The van der Waals surface area contributed by atoms with E-state index in [4.69, 9.17) is 23.2 Å². The Labute approximate surface area is 79.4 Å². The van der Waals surface area contributed by atoms with E-state index in [0.29, 0.717) is 0 Å². The van der Waals surface area contributed by atoms with Crippen molar-refractivity contribution in [2.75, 3.05) is 5.88 Å². The second-order valence-electron chi connectivity index (χ2n) is 0.941. The van der Waals surface area contributed by atoms with Gasteiger partial charge in [0.05, 0.1) is 11.3 Å². The first kappa shape index (κ1) is 11.8. The van der Waals surface area contributed by atoms with Crippen molar-refractivity contribution >= 4 is 29.2 Å². The van der Waals surface area contributed by atoms with Gasteiger partial charge >= 0.3 is 29.6 Å². The fourth-order valence-corrected chi connectivity index (χ4v) is 0.189. The Kier molecular flexibility index (Phi) is 9.11. The molecule has 5 heteroatoms. The van der Waals surface area contributed by atoms with Crippen molar-refractivity contribution in [1.29, 1.82) is 0 Å². The molecule has 0 rings (SSSR count). The Hall–Kier alpha value is 1.05. The first-order valence-electron chi connectivity index (χ1n) is 1.59. The molecule has 1 unspecified atom stereocenters. The van der Waals surface area contributed by atoms with Crippen LogP contribution in [0.5, 0.6) is 0 Å². The maximum absolute atomic E-state index is 9.60. The summed E-state index contributed by atoms with van der Waals surface area (Å²) in [6.45, 7) is 0. The zero-order valence-corrected chi connectivity index (χ0v) is 7.87. The van der Waals surface area contributed by atoms with Crippen LogP contribution in [-0.2, 0) is 4.79 Å². The van der Waals surface area contributed by atoms with Crippen molar-refractivity contribution in [3.63, 3.8) is 0 Å². The van der Waals surface area contributed by atoms with Gasteiger partial charge in [0.1, 0.15) is 0 Å². The van der Waals surface area contributed by atoms with Crippen molar-refractivity contribution in [2.24, 2.45) is 0 Å². The van der Waals surface area contributed by atoms with Gasteiger partial charge < -0.3 is 9.90 Å². The molecule has 0 aliphatic carbocycles. The molecular formula is C3H3Cl2NaO2. The summed E-state index contributed by atoms with van der Waals surface area (Å²) in [5.74, 6) is -1.43. The van der Waals surface area contributed by atoms with Crippen LogP contribution in [0.25, 0.3) is 0 Å². The molecule has 0 spiro atoms. The van der Waals surface area contributed by atoms with Crippen LogP contribution >= 0.6 is 23.2 Å². The second-order valence-corrected chi connectivity index (χ2v) is 1.78. The molecule has 0 fully saturated rings.